The average molecular weight is 832 g/mol. The molecule has 0 saturated carbocycles. The summed E-state index contributed by atoms with van der Waals surface area (Å²) in [7, 11) is 4.89. The maximum atomic E-state index is 14.9. The smallest absolute Gasteiger partial charge is 0.504 e. The number of hydrogen-bond donors (Lipinski definition) is 3. The number of nitrogens with zero attached hydrogens (tertiary/aromatic N) is 2. The first-order valence-corrected chi connectivity index (χ1v) is 20.4. The molecule has 7 heterocycles. The van der Waals surface area contributed by atoms with Crippen molar-refractivity contribution in [1.29, 1.82) is 0 Å². The van der Waals surface area contributed by atoms with Gasteiger partial charge in [0, 0.05) is 47.5 Å². The summed E-state index contributed by atoms with van der Waals surface area (Å²) in [5, 5.41) is 27.5. The van der Waals surface area contributed by atoms with Gasteiger partial charge in [0.05, 0.1) is 43.9 Å². The third-order valence-corrected chi connectivity index (χ3v) is 14.1. The van der Waals surface area contributed by atoms with Gasteiger partial charge in [-0.1, -0.05) is 12.6 Å². The van der Waals surface area contributed by atoms with Gasteiger partial charge in [-0.3, -0.25) is 19.9 Å². The van der Waals surface area contributed by atoms with Crippen molar-refractivity contribution >= 4 is 29.9 Å². The normalized spacial score (nSPS) is 27.7. The number of aliphatic hydroxyl groups excluding tert-OH is 1. The van der Waals surface area contributed by atoms with Gasteiger partial charge in [0.15, 0.2) is 40.0 Å². The van der Waals surface area contributed by atoms with Crippen LogP contribution in [0.15, 0.2) is 31.0 Å². The predicted molar refractivity (Wildman–Crippen MR) is 210 cm³/mol. The molecule has 17 heteroatoms. The zero-order valence-corrected chi connectivity index (χ0v) is 34.2. The van der Waals surface area contributed by atoms with Crippen LogP contribution in [-0.4, -0.2) is 103 Å². The van der Waals surface area contributed by atoms with Crippen molar-refractivity contribution in [1.82, 2.24) is 15.1 Å². The number of fused-ring (bicyclic) bond motifs is 9. The largest absolute Gasteiger partial charge is 0.518 e. The number of methoxy groups -OCH3 is 2. The first-order valence-electron chi connectivity index (χ1n) is 19.3. The standard InChI is InChI=1S/C42H45N3O13S/c1-8-53-41(50)58-27-13-21-9-10-43-42(23(21)14-26(27)51-6)16-59-38-30-29(37-36(55-17-56-37)19(3)35(30)57-20(4)46)25(15-54-40(42)49)45-32(38)31-28-22(12-24(39(45)48)44(31)5)11-18(2)34(52-7)33(28)47/h8,11,13-14,24-25,31-32,38-39,43,47-48H,1,9-10,12,15-17H2,2-7H3/t24-,25-,31+,32?,38+,39-,42+/m0/s1. The van der Waals surface area contributed by atoms with E-state index in [-0.39, 0.29) is 36.4 Å². The van der Waals surface area contributed by atoms with Gasteiger partial charge in [-0.05, 0) is 68.1 Å². The van der Waals surface area contributed by atoms with Crippen molar-refractivity contribution in [3.63, 3.8) is 0 Å². The first-order chi connectivity index (χ1) is 28.3. The Bertz CT molecular complexity index is 2320. The lowest BCUT2D eigenvalue weighted by Crippen LogP contribution is -2.70. The van der Waals surface area contributed by atoms with E-state index in [0.717, 1.165) is 23.0 Å². The molecular formula is C42H45N3O13S. The summed E-state index contributed by atoms with van der Waals surface area (Å²) in [6, 6.07) is 2.95. The van der Waals surface area contributed by atoms with Crippen LogP contribution in [0.5, 0.6) is 40.2 Å². The fourth-order valence-electron chi connectivity index (χ4n) is 10.2. The Labute approximate surface area is 344 Å². The van der Waals surface area contributed by atoms with Gasteiger partial charge in [0.25, 0.3) is 0 Å². The number of carbonyl (C=O) groups excluding carboxylic acids is 3. The summed E-state index contributed by atoms with van der Waals surface area (Å²) in [6.07, 6.45) is -0.210. The van der Waals surface area contributed by atoms with Crippen molar-refractivity contribution in [2.24, 2.45) is 0 Å². The molecule has 3 N–H and O–H groups in total. The quantitative estimate of drug-likeness (QED) is 0.143. The highest BCUT2D eigenvalue weighted by Gasteiger charge is 2.61. The topological polar surface area (TPSA) is 184 Å². The van der Waals surface area contributed by atoms with Gasteiger partial charge < -0.3 is 48.1 Å². The Hall–Kier alpha value is -5.20. The van der Waals surface area contributed by atoms with Crippen molar-refractivity contribution in [3.8, 4) is 40.2 Å². The molecule has 0 amide bonds. The third-order valence-electron chi connectivity index (χ3n) is 12.6. The van der Waals surface area contributed by atoms with Crippen molar-refractivity contribution in [2.45, 2.75) is 74.8 Å². The summed E-state index contributed by atoms with van der Waals surface area (Å²) in [5.41, 5.74) is 3.97. The van der Waals surface area contributed by atoms with E-state index in [0.29, 0.717) is 70.2 Å². The fraction of sp³-hybridized carbons (Fsp3) is 0.452. The van der Waals surface area contributed by atoms with Crippen LogP contribution in [0.2, 0.25) is 0 Å². The number of phenols is 1. The molecule has 2 fully saturated rings. The number of ether oxygens (including phenoxy) is 8. The number of nitrogens with one attached hydrogen (secondary N) is 1. The number of hydrogen-bond acceptors (Lipinski definition) is 17. The van der Waals surface area contributed by atoms with Crippen LogP contribution in [0, 0.1) is 13.8 Å². The lowest BCUT2D eigenvalue weighted by molar-refractivity contribution is -0.186. The summed E-state index contributed by atoms with van der Waals surface area (Å²) in [4.78, 5) is 44.3. The number of phenolic OH excluding ortho intramolecular Hbond substituents is 1. The Morgan fingerprint density at radius 1 is 1.02 bits per heavy atom. The van der Waals surface area contributed by atoms with Gasteiger partial charge >= 0.3 is 18.1 Å². The van der Waals surface area contributed by atoms with Crippen LogP contribution in [0.3, 0.4) is 0 Å². The van der Waals surface area contributed by atoms with Crippen LogP contribution >= 0.6 is 11.8 Å². The number of aryl methyl sites for hydroxylation is 1. The molecule has 3 aromatic rings. The molecule has 1 unspecified atom stereocenters. The highest BCUT2D eigenvalue weighted by atomic mass is 32.2. The van der Waals surface area contributed by atoms with E-state index in [1.54, 1.807) is 12.1 Å². The van der Waals surface area contributed by atoms with Gasteiger partial charge in [0.1, 0.15) is 18.6 Å². The molecular weight excluding hydrogens is 787 g/mol. The van der Waals surface area contributed by atoms with E-state index < -0.39 is 59.3 Å². The van der Waals surface area contributed by atoms with Crippen molar-refractivity contribution in [3.05, 3.63) is 75.5 Å². The second kappa shape index (κ2) is 14.5. The summed E-state index contributed by atoms with van der Waals surface area (Å²) in [6.45, 7) is 8.48. The maximum absolute atomic E-state index is 14.9. The molecule has 7 atom stereocenters. The van der Waals surface area contributed by atoms with Gasteiger partial charge in [-0.2, -0.15) is 0 Å². The number of esters is 2. The van der Waals surface area contributed by atoms with E-state index in [1.807, 2.05) is 31.9 Å². The Balaban J connectivity index is 1.28. The molecule has 0 radical (unpaired) electrons. The SMILES string of the molecule is C=COC(=O)Oc1cc2c(cc1OC)[C@@]1(CS[C@@H]3c4c(OC(C)=O)c(C)c5c(c4[C@H](COC1=O)N1C3[C@H]3c4c(cc(C)c(OC)c4O)C[C@@H]([C@@H]1O)N3C)OCO5)NCC2. The van der Waals surface area contributed by atoms with E-state index >= 15 is 0 Å². The predicted octanol–water partition coefficient (Wildman–Crippen LogP) is 4.37. The van der Waals surface area contributed by atoms with Gasteiger partial charge in [0.2, 0.25) is 6.79 Å². The van der Waals surface area contributed by atoms with E-state index in [1.165, 1.54) is 32.9 Å². The molecule has 10 rings (SSSR count). The zero-order chi connectivity index (χ0) is 41.7. The van der Waals surface area contributed by atoms with Gasteiger partial charge in [-0.15, -0.1) is 11.8 Å². The van der Waals surface area contributed by atoms with Crippen molar-refractivity contribution in [2.75, 3.05) is 47.0 Å². The first kappa shape index (κ1) is 39.3. The number of likely N-dealkylation sites (N-methyl/N-ethyl adjacent to an activating group) is 1. The lowest BCUT2D eigenvalue weighted by Gasteiger charge is -2.62. The monoisotopic (exact) mass is 831 g/mol. The third kappa shape index (κ3) is 5.76. The number of benzene rings is 3. The molecule has 0 aliphatic carbocycles. The maximum Gasteiger partial charge on any atom is 0.518 e. The fourth-order valence-corrected chi connectivity index (χ4v) is 11.9. The highest BCUT2D eigenvalue weighted by Crippen LogP contribution is 2.64. The molecule has 16 nitrogen and oxygen atoms in total. The molecule has 7 aliphatic heterocycles. The van der Waals surface area contributed by atoms with E-state index in [4.69, 9.17) is 37.9 Å². The van der Waals surface area contributed by atoms with Gasteiger partial charge in [-0.25, -0.2) is 9.59 Å². The molecule has 0 aromatic heterocycles. The summed E-state index contributed by atoms with van der Waals surface area (Å²) >= 11 is 1.43. The zero-order valence-electron chi connectivity index (χ0n) is 33.4. The number of aliphatic hydroxyl groups is 1. The minimum Gasteiger partial charge on any atom is -0.504 e. The second-order valence-electron chi connectivity index (χ2n) is 15.5. The molecule has 312 valence electrons. The number of thioether (sulfide) groups is 1. The van der Waals surface area contributed by atoms with Crippen LogP contribution < -0.4 is 33.7 Å². The van der Waals surface area contributed by atoms with E-state index in [2.05, 4.69) is 16.8 Å². The molecule has 4 bridgehead atoms. The van der Waals surface area contributed by atoms with Crippen LogP contribution in [0.25, 0.3) is 0 Å². The highest BCUT2D eigenvalue weighted by molar-refractivity contribution is 7.99. The number of piperazine rings is 1. The molecule has 7 aliphatic rings. The summed E-state index contributed by atoms with van der Waals surface area (Å²) in [5.74, 6) is 0.773. The Morgan fingerprint density at radius 2 is 1.80 bits per heavy atom. The van der Waals surface area contributed by atoms with E-state index in [9.17, 15) is 24.6 Å². The lowest BCUT2D eigenvalue weighted by atomic mass is 9.73. The molecule has 1 spiro atoms. The molecule has 3 aromatic carbocycles. The molecule has 59 heavy (non-hydrogen) atoms. The second-order valence-corrected chi connectivity index (χ2v) is 16.7. The molecule has 2 saturated heterocycles. The summed E-state index contributed by atoms with van der Waals surface area (Å²) < 4.78 is 46.4. The minimum absolute atomic E-state index is 0.0160. The Kier molecular flexibility index (Phi) is 9.66. The van der Waals surface area contributed by atoms with Crippen LogP contribution in [-0.2, 0) is 37.4 Å². The van der Waals surface area contributed by atoms with Crippen molar-refractivity contribution < 1.29 is 62.5 Å². The average Bonchev–Trinajstić information content (AvgIpc) is 3.70. The minimum atomic E-state index is -1.45. The number of rotatable bonds is 5. The number of aromatic hydroxyl groups is 1. The van der Waals surface area contributed by atoms with Crippen LogP contribution in [0.4, 0.5) is 4.79 Å². The van der Waals surface area contributed by atoms with Crippen LogP contribution in [0.1, 0.15) is 68.8 Å². The Morgan fingerprint density at radius 3 is 2.53 bits per heavy atom. The number of carbonyl (C=O) groups is 3.